The van der Waals surface area contributed by atoms with Crippen molar-refractivity contribution in [2.24, 2.45) is 0 Å². The molecule has 13 heteroatoms. The third-order valence-corrected chi connectivity index (χ3v) is 7.24. The van der Waals surface area contributed by atoms with Crippen LogP contribution in [0.15, 0.2) is 22.6 Å². The minimum atomic E-state index is -0.528. The van der Waals surface area contributed by atoms with E-state index in [9.17, 15) is 9.59 Å². The second-order valence-corrected chi connectivity index (χ2v) is 13.2. The molecule has 0 fully saturated rings. The number of thiazole rings is 2. The molecule has 0 aliphatic rings. The molecule has 0 saturated carbocycles. The Morgan fingerprint density at radius 2 is 1.24 bits per heavy atom. The number of hydrogen-bond acceptors (Lipinski definition) is 10. The van der Waals surface area contributed by atoms with Crippen molar-refractivity contribution in [3.05, 3.63) is 34.0 Å². The first kappa shape index (κ1) is 33.4. The Labute approximate surface area is 241 Å². The average Bonchev–Trinajstić information content (AvgIpc) is 3.32. The third kappa shape index (κ3) is 9.91. The van der Waals surface area contributed by atoms with Gasteiger partial charge in [-0.3, -0.25) is 9.80 Å². The van der Waals surface area contributed by atoms with Crippen molar-refractivity contribution in [1.29, 1.82) is 0 Å². The van der Waals surface area contributed by atoms with Gasteiger partial charge >= 0.3 is 12.2 Å². The standard InChI is InChI=1S/C14H18N4O2S.C10H15BrN2O2S.CH4/c1-9-12(18(5)13(19)20-14(2,3)4)21-11(17-9)10-6-15-8-16-7-10;1-6-7(16-8(11)12-6)13(5)9(14)15-10(2,3)4;/h6-8H,1-5H3;1-5H3;1H4. The number of rotatable bonds is 3. The molecule has 0 saturated heterocycles. The fourth-order valence-corrected chi connectivity index (χ4v) is 5.19. The molecule has 10 nitrogen and oxygen atoms in total. The summed E-state index contributed by atoms with van der Waals surface area (Å²) in [6.07, 6.45) is 4.10. The van der Waals surface area contributed by atoms with Crippen LogP contribution in [0.5, 0.6) is 0 Å². The highest BCUT2D eigenvalue weighted by Crippen LogP contribution is 2.34. The van der Waals surface area contributed by atoms with Gasteiger partial charge in [-0.2, -0.15) is 0 Å². The maximum absolute atomic E-state index is 12.1. The summed E-state index contributed by atoms with van der Waals surface area (Å²) >= 11 is 6.11. The van der Waals surface area contributed by atoms with Crippen molar-refractivity contribution in [2.75, 3.05) is 23.9 Å². The van der Waals surface area contributed by atoms with E-state index in [1.54, 1.807) is 26.5 Å². The lowest BCUT2D eigenvalue weighted by atomic mass is 10.2. The number of carbonyl (C=O) groups excluding carboxylic acids is 2. The van der Waals surface area contributed by atoms with Gasteiger partial charge in [0.15, 0.2) is 3.92 Å². The van der Waals surface area contributed by atoms with Gasteiger partial charge < -0.3 is 9.47 Å². The molecule has 210 valence electrons. The Bertz CT molecular complexity index is 1220. The fraction of sp³-hybridized carbons (Fsp3) is 0.520. The van der Waals surface area contributed by atoms with Gasteiger partial charge in [-0.1, -0.05) is 30.1 Å². The molecule has 0 aliphatic carbocycles. The molecule has 3 heterocycles. The van der Waals surface area contributed by atoms with E-state index >= 15 is 0 Å². The highest BCUT2D eigenvalue weighted by atomic mass is 79.9. The Hall–Kier alpha value is -2.64. The molecular weight excluding hydrogens is 592 g/mol. The van der Waals surface area contributed by atoms with Crippen molar-refractivity contribution in [3.8, 4) is 10.6 Å². The molecule has 0 unspecified atom stereocenters. The number of hydrogen-bond donors (Lipinski definition) is 0. The van der Waals surface area contributed by atoms with Crippen molar-refractivity contribution < 1.29 is 19.1 Å². The number of amides is 2. The molecular formula is C25H37BrN6O4S2. The molecule has 0 aromatic carbocycles. The lowest BCUT2D eigenvalue weighted by Gasteiger charge is -2.23. The van der Waals surface area contributed by atoms with Gasteiger partial charge in [0.05, 0.1) is 11.4 Å². The van der Waals surface area contributed by atoms with Crippen molar-refractivity contribution >= 4 is 60.8 Å². The van der Waals surface area contributed by atoms with E-state index in [2.05, 4.69) is 35.9 Å². The number of aromatic nitrogens is 4. The fourth-order valence-electron chi connectivity index (χ4n) is 2.73. The van der Waals surface area contributed by atoms with Crippen LogP contribution >= 0.6 is 38.6 Å². The van der Waals surface area contributed by atoms with Crippen molar-refractivity contribution in [1.82, 2.24) is 19.9 Å². The Morgan fingerprint density at radius 1 is 0.816 bits per heavy atom. The summed E-state index contributed by atoms with van der Waals surface area (Å²) in [5.41, 5.74) is 1.40. The zero-order chi connectivity index (χ0) is 28.1. The van der Waals surface area contributed by atoms with Crippen LogP contribution in [0.1, 0.15) is 60.4 Å². The van der Waals surface area contributed by atoms with E-state index in [4.69, 9.17) is 9.47 Å². The first-order valence-corrected chi connectivity index (χ1v) is 13.7. The molecule has 3 aromatic rings. The summed E-state index contributed by atoms with van der Waals surface area (Å²) in [5.74, 6) is 0. The normalized spacial score (nSPS) is 11.0. The lowest BCUT2D eigenvalue weighted by molar-refractivity contribution is 0.0579. The highest BCUT2D eigenvalue weighted by molar-refractivity contribution is 9.11. The summed E-state index contributed by atoms with van der Waals surface area (Å²) in [7, 11) is 3.36. The molecule has 38 heavy (non-hydrogen) atoms. The van der Waals surface area contributed by atoms with E-state index in [0.717, 1.165) is 35.9 Å². The molecule has 0 spiro atoms. The van der Waals surface area contributed by atoms with Gasteiger partial charge in [0, 0.05) is 32.1 Å². The smallest absolute Gasteiger partial charge is 0.415 e. The van der Waals surface area contributed by atoms with Crippen LogP contribution in [0.2, 0.25) is 0 Å². The van der Waals surface area contributed by atoms with Gasteiger partial charge in [-0.15, -0.1) is 0 Å². The SMILES string of the molecule is C.Cc1nc(-c2cncnc2)sc1N(C)C(=O)OC(C)(C)C.Cc1nc(Br)sc1N(C)C(=O)OC(C)(C)C. The zero-order valence-electron chi connectivity index (χ0n) is 22.7. The molecule has 0 atom stereocenters. The van der Waals surface area contributed by atoms with Gasteiger partial charge in [0.2, 0.25) is 0 Å². The summed E-state index contributed by atoms with van der Waals surface area (Å²) in [6.45, 7) is 14.8. The van der Waals surface area contributed by atoms with E-state index in [1.807, 2.05) is 55.4 Å². The van der Waals surface area contributed by atoms with Gasteiger partial charge in [0.1, 0.15) is 32.5 Å². The van der Waals surface area contributed by atoms with E-state index in [-0.39, 0.29) is 13.5 Å². The number of aryl methyl sites for hydroxylation is 2. The number of ether oxygens (including phenoxy) is 2. The summed E-state index contributed by atoms with van der Waals surface area (Å²) in [6, 6.07) is 0. The monoisotopic (exact) mass is 628 g/mol. The first-order valence-electron chi connectivity index (χ1n) is 11.3. The van der Waals surface area contributed by atoms with Crippen LogP contribution in [0.3, 0.4) is 0 Å². The molecule has 0 aliphatic heterocycles. The molecule has 2 amide bonds. The summed E-state index contributed by atoms with van der Waals surface area (Å²) in [5, 5.41) is 2.32. The topological polar surface area (TPSA) is 111 Å². The zero-order valence-corrected chi connectivity index (χ0v) is 26.0. The predicted molar refractivity (Wildman–Crippen MR) is 158 cm³/mol. The van der Waals surface area contributed by atoms with Crippen LogP contribution in [0.25, 0.3) is 10.6 Å². The second kappa shape index (κ2) is 13.4. The Balaban J connectivity index is 0.000000384. The van der Waals surface area contributed by atoms with Crippen LogP contribution in [0, 0.1) is 13.8 Å². The molecule has 0 N–H and O–H groups in total. The number of anilines is 2. The Kier molecular flexibility index (Phi) is 11.8. The van der Waals surface area contributed by atoms with Crippen LogP contribution < -0.4 is 9.80 Å². The lowest BCUT2D eigenvalue weighted by Crippen LogP contribution is -2.34. The van der Waals surface area contributed by atoms with Gasteiger partial charge in [0.25, 0.3) is 0 Å². The largest absolute Gasteiger partial charge is 0.443 e. The summed E-state index contributed by atoms with van der Waals surface area (Å²) < 4.78 is 11.4. The van der Waals surface area contributed by atoms with Crippen molar-refractivity contribution in [3.63, 3.8) is 0 Å². The maximum Gasteiger partial charge on any atom is 0.415 e. The van der Waals surface area contributed by atoms with Crippen LogP contribution in [-0.2, 0) is 9.47 Å². The molecule has 3 rings (SSSR count). The number of nitrogens with zero attached hydrogens (tertiary/aromatic N) is 6. The van der Waals surface area contributed by atoms with E-state index in [1.165, 1.54) is 38.8 Å². The van der Waals surface area contributed by atoms with E-state index < -0.39 is 17.3 Å². The van der Waals surface area contributed by atoms with Crippen molar-refractivity contribution in [2.45, 2.75) is 74.0 Å². The first-order chi connectivity index (χ1) is 17.0. The molecule has 3 aromatic heterocycles. The Morgan fingerprint density at radius 3 is 1.63 bits per heavy atom. The number of halogens is 1. The maximum atomic E-state index is 12.1. The molecule has 0 radical (unpaired) electrons. The quantitative estimate of drug-likeness (QED) is 0.293. The van der Waals surface area contributed by atoms with E-state index in [0.29, 0.717) is 0 Å². The highest BCUT2D eigenvalue weighted by Gasteiger charge is 2.25. The minimum Gasteiger partial charge on any atom is -0.443 e. The van der Waals surface area contributed by atoms with Crippen LogP contribution in [-0.4, -0.2) is 57.4 Å². The number of carbonyl (C=O) groups is 2. The average molecular weight is 630 g/mol. The minimum absolute atomic E-state index is 0. The van der Waals surface area contributed by atoms with Crippen LogP contribution in [0.4, 0.5) is 19.6 Å². The third-order valence-electron chi connectivity index (χ3n) is 4.27. The predicted octanol–water partition coefficient (Wildman–Crippen LogP) is 7.50. The second-order valence-electron chi connectivity index (χ2n) is 9.97. The molecule has 0 bridgehead atoms. The van der Waals surface area contributed by atoms with Gasteiger partial charge in [-0.25, -0.2) is 29.5 Å². The summed E-state index contributed by atoms with van der Waals surface area (Å²) in [4.78, 5) is 43.5. The van der Waals surface area contributed by atoms with Gasteiger partial charge in [-0.05, 0) is 71.3 Å².